The lowest BCUT2D eigenvalue weighted by atomic mass is 9.59. The lowest BCUT2D eigenvalue weighted by Crippen LogP contribution is -2.69. The second-order valence-corrected chi connectivity index (χ2v) is 7.54. The molecule has 1 aliphatic carbocycles. The number of nitrogens with one attached hydrogen (secondary N) is 1. The van der Waals surface area contributed by atoms with Crippen LogP contribution in [0.25, 0.3) is 0 Å². The second-order valence-electron chi connectivity index (χ2n) is 7.16. The molecule has 2 saturated heterocycles. The van der Waals surface area contributed by atoms with E-state index in [4.69, 9.17) is 12.2 Å². The predicted octanol–water partition coefficient (Wildman–Crippen LogP) is 2.05. The van der Waals surface area contributed by atoms with Crippen LogP contribution in [-0.2, 0) is 9.59 Å². The Balaban J connectivity index is 1.85. The highest BCUT2D eigenvalue weighted by molar-refractivity contribution is 7.80. The van der Waals surface area contributed by atoms with Crippen molar-refractivity contribution >= 4 is 34.7 Å². The van der Waals surface area contributed by atoms with Crippen LogP contribution < -0.4 is 10.2 Å². The summed E-state index contributed by atoms with van der Waals surface area (Å²) >= 11 is 5.72. The maximum absolute atomic E-state index is 13.1. The summed E-state index contributed by atoms with van der Waals surface area (Å²) in [6, 6.07) is 7.60. The molecule has 6 heteroatoms. The van der Waals surface area contributed by atoms with Gasteiger partial charge in [0.2, 0.25) is 11.8 Å². The van der Waals surface area contributed by atoms with Gasteiger partial charge >= 0.3 is 0 Å². The molecule has 4 rings (SSSR count). The molecule has 2 aliphatic heterocycles. The van der Waals surface area contributed by atoms with Gasteiger partial charge in [-0.1, -0.05) is 36.3 Å². The summed E-state index contributed by atoms with van der Waals surface area (Å²) in [5.41, 5.74) is -0.480. The van der Waals surface area contributed by atoms with Gasteiger partial charge in [0, 0.05) is 12.1 Å². The molecule has 1 saturated carbocycles. The number of thiocarbonyl (C=S) groups is 1. The van der Waals surface area contributed by atoms with E-state index in [1.54, 1.807) is 0 Å². The lowest BCUT2D eigenvalue weighted by molar-refractivity contribution is -0.170. The van der Waals surface area contributed by atoms with Gasteiger partial charge < -0.3 is 10.4 Å². The van der Waals surface area contributed by atoms with Gasteiger partial charge in [-0.25, -0.2) is 0 Å². The van der Waals surface area contributed by atoms with Crippen LogP contribution in [0.1, 0.15) is 37.7 Å². The Morgan fingerprint density at radius 3 is 2.58 bits per heavy atom. The zero-order chi connectivity index (χ0) is 17.1. The standard InChI is InChI=1S/C18H20N2O3S/c1-11-4-6-12(7-5-11)20-15(22)13-10-14(21)19-18(23)9-3-2-8-17(13,18)16(20)24/h4-7,13,23H,2-3,8-10H2,1H3,(H,19,21). The summed E-state index contributed by atoms with van der Waals surface area (Å²) in [6.45, 7) is 1.98. The smallest absolute Gasteiger partial charge is 0.236 e. The summed E-state index contributed by atoms with van der Waals surface area (Å²) in [5, 5.41) is 14.0. The third-order valence-corrected chi connectivity index (χ3v) is 6.37. The number of hydrogen-bond acceptors (Lipinski definition) is 4. The van der Waals surface area contributed by atoms with Gasteiger partial charge in [0.1, 0.15) is 10.7 Å². The maximum Gasteiger partial charge on any atom is 0.236 e. The summed E-state index contributed by atoms with van der Waals surface area (Å²) in [5.74, 6) is -1.02. The Bertz CT molecular complexity index is 747. The molecule has 0 radical (unpaired) electrons. The highest BCUT2D eigenvalue weighted by Gasteiger charge is 2.70. The van der Waals surface area contributed by atoms with E-state index in [0.717, 1.165) is 18.4 Å². The zero-order valence-corrected chi connectivity index (χ0v) is 14.4. The fraction of sp³-hybridized carbons (Fsp3) is 0.500. The molecule has 1 aromatic carbocycles. The van der Waals surface area contributed by atoms with E-state index < -0.39 is 17.1 Å². The van der Waals surface area contributed by atoms with Crippen molar-refractivity contribution < 1.29 is 14.7 Å². The molecule has 24 heavy (non-hydrogen) atoms. The average Bonchev–Trinajstić information content (AvgIpc) is 2.74. The molecule has 1 spiro atoms. The Morgan fingerprint density at radius 1 is 1.21 bits per heavy atom. The van der Waals surface area contributed by atoms with E-state index in [9.17, 15) is 14.7 Å². The molecule has 126 valence electrons. The molecule has 2 heterocycles. The number of benzene rings is 1. The number of anilines is 1. The van der Waals surface area contributed by atoms with Crippen molar-refractivity contribution in [1.82, 2.24) is 5.32 Å². The van der Waals surface area contributed by atoms with E-state index in [0.29, 0.717) is 23.5 Å². The largest absolute Gasteiger partial charge is 0.370 e. The first-order valence-electron chi connectivity index (χ1n) is 8.37. The number of aliphatic hydroxyl groups is 1. The first-order valence-corrected chi connectivity index (χ1v) is 8.78. The molecule has 1 aromatic rings. The molecule has 0 bridgehead atoms. The van der Waals surface area contributed by atoms with Crippen molar-refractivity contribution in [3.63, 3.8) is 0 Å². The zero-order valence-electron chi connectivity index (χ0n) is 13.5. The van der Waals surface area contributed by atoms with Crippen LogP contribution in [0.2, 0.25) is 0 Å². The van der Waals surface area contributed by atoms with Crippen molar-refractivity contribution in [2.45, 2.75) is 44.8 Å². The summed E-state index contributed by atoms with van der Waals surface area (Å²) < 4.78 is 0. The lowest BCUT2D eigenvalue weighted by Gasteiger charge is -2.53. The molecule has 3 fully saturated rings. The van der Waals surface area contributed by atoms with Crippen molar-refractivity contribution in [1.29, 1.82) is 0 Å². The van der Waals surface area contributed by atoms with Crippen LogP contribution in [0.5, 0.6) is 0 Å². The first-order chi connectivity index (χ1) is 11.4. The molecular formula is C18H20N2O3S. The SMILES string of the molecule is Cc1ccc(N2C(=O)C3CC(=O)NC4(O)CCCCC34C2=S)cc1. The monoisotopic (exact) mass is 344 g/mol. The van der Waals surface area contributed by atoms with Gasteiger partial charge in [-0.3, -0.25) is 14.5 Å². The Hall–Kier alpha value is -1.79. The van der Waals surface area contributed by atoms with Gasteiger partial charge in [0.05, 0.1) is 11.3 Å². The number of rotatable bonds is 1. The van der Waals surface area contributed by atoms with Crippen molar-refractivity contribution in [2.75, 3.05) is 4.90 Å². The molecule has 2 N–H and O–H groups in total. The van der Waals surface area contributed by atoms with Crippen molar-refractivity contribution in [2.24, 2.45) is 11.3 Å². The summed E-state index contributed by atoms with van der Waals surface area (Å²) in [6.07, 6.45) is 2.85. The number of hydrogen-bond donors (Lipinski definition) is 2. The van der Waals surface area contributed by atoms with Gasteiger partial charge in [0.25, 0.3) is 0 Å². The van der Waals surface area contributed by atoms with Gasteiger partial charge in [-0.2, -0.15) is 0 Å². The van der Waals surface area contributed by atoms with E-state index in [2.05, 4.69) is 5.32 Å². The van der Waals surface area contributed by atoms with Crippen LogP contribution in [-0.4, -0.2) is 27.6 Å². The van der Waals surface area contributed by atoms with Gasteiger partial charge in [0.15, 0.2) is 0 Å². The fourth-order valence-corrected chi connectivity index (χ4v) is 5.23. The minimum absolute atomic E-state index is 0.0869. The van der Waals surface area contributed by atoms with Crippen LogP contribution in [0.15, 0.2) is 24.3 Å². The minimum atomic E-state index is -1.42. The number of carbonyl (C=O) groups excluding carboxylic acids is 2. The normalized spacial score (nSPS) is 35.5. The quantitative estimate of drug-likeness (QED) is 0.765. The molecule has 2 amide bonds. The van der Waals surface area contributed by atoms with E-state index in [1.807, 2.05) is 31.2 Å². The van der Waals surface area contributed by atoms with Crippen LogP contribution in [0, 0.1) is 18.3 Å². The number of nitrogens with zero attached hydrogens (tertiary/aromatic N) is 1. The molecular weight excluding hydrogens is 324 g/mol. The van der Waals surface area contributed by atoms with Crippen LogP contribution >= 0.6 is 12.2 Å². The highest BCUT2D eigenvalue weighted by Crippen LogP contribution is 2.57. The molecule has 3 unspecified atom stereocenters. The number of aryl methyl sites for hydroxylation is 1. The predicted molar refractivity (Wildman–Crippen MR) is 93.4 cm³/mol. The Kier molecular flexibility index (Phi) is 3.34. The molecule has 5 nitrogen and oxygen atoms in total. The maximum atomic E-state index is 13.1. The molecule has 3 aliphatic rings. The Morgan fingerprint density at radius 2 is 1.88 bits per heavy atom. The summed E-state index contributed by atoms with van der Waals surface area (Å²) in [4.78, 5) is 27.2. The highest BCUT2D eigenvalue weighted by atomic mass is 32.1. The third-order valence-electron chi connectivity index (χ3n) is 5.82. The van der Waals surface area contributed by atoms with E-state index in [-0.39, 0.29) is 18.2 Å². The first kappa shape index (κ1) is 15.7. The molecule has 3 atom stereocenters. The topological polar surface area (TPSA) is 69.6 Å². The second kappa shape index (κ2) is 5.10. The Labute approximate surface area is 146 Å². The third kappa shape index (κ3) is 1.87. The van der Waals surface area contributed by atoms with Crippen molar-refractivity contribution in [3.05, 3.63) is 29.8 Å². The van der Waals surface area contributed by atoms with Gasteiger partial charge in [-0.15, -0.1) is 0 Å². The average molecular weight is 344 g/mol. The number of amides is 2. The van der Waals surface area contributed by atoms with E-state index in [1.165, 1.54) is 4.90 Å². The number of carbonyl (C=O) groups is 2. The van der Waals surface area contributed by atoms with E-state index >= 15 is 0 Å². The minimum Gasteiger partial charge on any atom is -0.370 e. The summed E-state index contributed by atoms with van der Waals surface area (Å²) in [7, 11) is 0. The molecule has 0 aromatic heterocycles. The van der Waals surface area contributed by atoms with Crippen LogP contribution in [0.4, 0.5) is 5.69 Å². The van der Waals surface area contributed by atoms with Crippen molar-refractivity contribution in [3.8, 4) is 0 Å². The number of piperidine rings is 1. The fourth-order valence-electron chi connectivity index (χ4n) is 4.62. The van der Waals surface area contributed by atoms with Gasteiger partial charge in [-0.05, 0) is 38.3 Å². The van der Waals surface area contributed by atoms with Crippen LogP contribution in [0.3, 0.4) is 0 Å².